The zero-order valence-corrected chi connectivity index (χ0v) is 18.8. The lowest BCUT2D eigenvalue weighted by Crippen LogP contribution is -2.26. The number of thiophene rings is 1. The average molecular weight is 495 g/mol. The van der Waals surface area contributed by atoms with Crippen molar-refractivity contribution in [2.75, 3.05) is 0 Å². The number of rotatable bonds is 6. The Morgan fingerprint density at radius 2 is 1.83 bits per heavy atom. The van der Waals surface area contributed by atoms with E-state index >= 15 is 0 Å². The number of para-hydroxylation sites is 3. The van der Waals surface area contributed by atoms with Crippen LogP contribution in [0.15, 0.2) is 83.4 Å². The zero-order chi connectivity index (χ0) is 24.4. The molecular weight excluding hydrogens is 477 g/mol. The number of hydrazone groups is 1. The highest BCUT2D eigenvalue weighted by atomic mass is 32.1. The van der Waals surface area contributed by atoms with E-state index in [1.165, 1.54) is 29.7 Å². The summed E-state index contributed by atoms with van der Waals surface area (Å²) in [6.45, 7) is -0.590. The van der Waals surface area contributed by atoms with Crippen LogP contribution < -0.4 is 5.43 Å². The van der Waals surface area contributed by atoms with Crippen LogP contribution in [0.5, 0.6) is 0 Å². The first-order chi connectivity index (χ1) is 16.9. The van der Waals surface area contributed by atoms with Crippen LogP contribution in [0.3, 0.4) is 0 Å². The number of hydrogen-bond acceptors (Lipinski definition) is 5. The first-order valence-corrected chi connectivity index (χ1v) is 11.3. The fourth-order valence-corrected chi connectivity index (χ4v) is 4.34. The van der Waals surface area contributed by atoms with E-state index in [9.17, 15) is 18.0 Å². The minimum atomic E-state index is -4.70. The molecule has 5 aromatic rings. The molecular formula is C24H17F3N6OS. The van der Waals surface area contributed by atoms with Crippen molar-refractivity contribution in [3.05, 3.63) is 89.7 Å². The van der Waals surface area contributed by atoms with Crippen LogP contribution >= 0.6 is 11.3 Å². The molecule has 5 rings (SSSR count). The van der Waals surface area contributed by atoms with Gasteiger partial charge < -0.3 is 4.57 Å². The summed E-state index contributed by atoms with van der Waals surface area (Å²) in [6, 6.07) is 19.4. The van der Waals surface area contributed by atoms with Crippen LogP contribution in [0, 0.1) is 0 Å². The van der Waals surface area contributed by atoms with E-state index < -0.39 is 24.5 Å². The summed E-state index contributed by atoms with van der Waals surface area (Å²) in [6.07, 6.45) is -1.51. The van der Waals surface area contributed by atoms with Gasteiger partial charge in [0.2, 0.25) is 5.82 Å². The fraction of sp³-hybridized carbons (Fsp3) is 0.0833. The number of aromatic nitrogens is 4. The topological polar surface area (TPSA) is 77.1 Å². The average Bonchev–Trinajstić information content (AvgIpc) is 3.58. The standard InChI is InChI=1S/C24H17F3N6OS/c25-24(26,27)23-29-18-9-4-5-10-19(18)32(23)15-21(34)30-28-13-16-14-33(17-7-2-1-3-8-17)31-22(16)20-11-6-12-35-20/h1-14H,15H2,(H,30,34). The Morgan fingerprint density at radius 3 is 2.57 bits per heavy atom. The van der Waals surface area contributed by atoms with Gasteiger partial charge in [-0.05, 0) is 35.7 Å². The molecule has 0 aliphatic carbocycles. The van der Waals surface area contributed by atoms with Gasteiger partial charge in [-0.2, -0.15) is 23.4 Å². The summed E-state index contributed by atoms with van der Waals surface area (Å²) in [5, 5.41) is 10.5. The Morgan fingerprint density at radius 1 is 1.06 bits per heavy atom. The number of hydrogen-bond donors (Lipinski definition) is 1. The summed E-state index contributed by atoms with van der Waals surface area (Å²) >= 11 is 1.50. The predicted octanol–water partition coefficient (Wildman–Crippen LogP) is 5.12. The number of alkyl halides is 3. The number of nitrogens with one attached hydrogen (secondary N) is 1. The molecule has 0 bridgehead atoms. The van der Waals surface area contributed by atoms with Crippen molar-refractivity contribution < 1.29 is 18.0 Å². The van der Waals surface area contributed by atoms with Crippen LogP contribution in [0.4, 0.5) is 13.2 Å². The molecule has 0 aliphatic heterocycles. The molecule has 3 aromatic heterocycles. The quantitative estimate of drug-likeness (QED) is 0.263. The largest absolute Gasteiger partial charge is 0.449 e. The maximum absolute atomic E-state index is 13.5. The van der Waals surface area contributed by atoms with E-state index in [2.05, 4.69) is 20.6 Å². The van der Waals surface area contributed by atoms with Gasteiger partial charge in [-0.3, -0.25) is 4.79 Å². The Labute approximate surface area is 201 Å². The molecule has 35 heavy (non-hydrogen) atoms. The number of fused-ring (bicyclic) bond motifs is 1. The summed E-state index contributed by atoms with van der Waals surface area (Å²) in [7, 11) is 0. The van der Waals surface area contributed by atoms with Crippen molar-refractivity contribution >= 4 is 34.5 Å². The molecule has 3 heterocycles. The number of nitrogens with zero attached hydrogens (tertiary/aromatic N) is 5. The van der Waals surface area contributed by atoms with Gasteiger partial charge in [0.05, 0.1) is 27.8 Å². The van der Waals surface area contributed by atoms with Gasteiger partial charge in [0.15, 0.2) is 0 Å². The number of benzene rings is 2. The molecule has 0 unspecified atom stereocenters. The number of carbonyl (C=O) groups excluding carboxylic acids is 1. The summed E-state index contributed by atoms with van der Waals surface area (Å²) in [4.78, 5) is 17.1. The molecule has 0 aliphatic rings. The van der Waals surface area contributed by atoms with Crippen molar-refractivity contribution in [3.8, 4) is 16.3 Å². The monoisotopic (exact) mass is 494 g/mol. The third-order valence-corrected chi connectivity index (χ3v) is 6.00. The Balaban J connectivity index is 1.39. The molecule has 1 amide bonds. The molecule has 0 radical (unpaired) electrons. The SMILES string of the molecule is O=C(Cn1c(C(F)(F)F)nc2ccccc21)NN=Cc1cn(-c2ccccc2)nc1-c1cccs1. The van der Waals surface area contributed by atoms with E-state index in [1.54, 1.807) is 23.0 Å². The lowest BCUT2D eigenvalue weighted by Gasteiger charge is -2.10. The lowest BCUT2D eigenvalue weighted by molar-refractivity contribution is -0.147. The van der Waals surface area contributed by atoms with Crippen LogP contribution in [0.1, 0.15) is 11.4 Å². The van der Waals surface area contributed by atoms with Crippen molar-refractivity contribution in [1.82, 2.24) is 24.8 Å². The second kappa shape index (κ2) is 9.18. The molecule has 0 saturated heterocycles. The lowest BCUT2D eigenvalue weighted by atomic mass is 10.2. The van der Waals surface area contributed by atoms with Crippen molar-refractivity contribution in [1.29, 1.82) is 0 Å². The van der Waals surface area contributed by atoms with Crippen molar-refractivity contribution in [2.24, 2.45) is 5.10 Å². The Hall–Kier alpha value is -4.25. The number of imidazole rings is 1. The molecule has 0 saturated carbocycles. The molecule has 0 fully saturated rings. The number of amides is 1. The first-order valence-electron chi connectivity index (χ1n) is 10.4. The van der Waals surface area contributed by atoms with Crippen LogP contribution in [0.25, 0.3) is 27.3 Å². The van der Waals surface area contributed by atoms with Gasteiger partial charge in [0.1, 0.15) is 12.2 Å². The van der Waals surface area contributed by atoms with Crippen molar-refractivity contribution in [3.63, 3.8) is 0 Å². The van der Waals surface area contributed by atoms with Gasteiger partial charge in [0.25, 0.3) is 5.91 Å². The number of carbonyl (C=O) groups is 1. The zero-order valence-electron chi connectivity index (χ0n) is 18.0. The van der Waals surface area contributed by atoms with Gasteiger partial charge in [0, 0.05) is 11.8 Å². The first kappa shape index (κ1) is 22.5. The van der Waals surface area contributed by atoms with E-state index in [-0.39, 0.29) is 11.0 Å². The predicted molar refractivity (Wildman–Crippen MR) is 127 cm³/mol. The minimum absolute atomic E-state index is 0.157. The molecule has 7 nitrogen and oxygen atoms in total. The maximum atomic E-state index is 13.5. The Kier molecular flexibility index (Phi) is 5.91. The normalized spacial score (nSPS) is 12.0. The second-order valence-corrected chi connectivity index (χ2v) is 8.44. The third-order valence-electron chi connectivity index (χ3n) is 5.12. The minimum Gasteiger partial charge on any atom is -0.311 e. The number of halogens is 3. The van der Waals surface area contributed by atoms with Gasteiger partial charge in [-0.25, -0.2) is 15.1 Å². The fourth-order valence-electron chi connectivity index (χ4n) is 3.60. The maximum Gasteiger partial charge on any atom is 0.449 e. The van der Waals surface area contributed by atoms with Gasteiger partial charge in [-0.15, -0.1) is 11.3 Å². The van der Waals surface area contributed by atoms with E-state index in [0.717, 1.165) is 15.1 Å². The highest BCUT2D eigenvalue weighted by molar-refractivity contribution is 7.13. The highest BCUT2D eigenvalue weighted by Gasteiger charge is 2.38. The van der Waals surface area contributed by atoms with Crippen LogP contribution in [-0.4, -0.2) is 31.5 Å². The molecule has 1 N–H and O–H groups in total. The highest BCUT2D eigenvalue weighted by Crippen LogP contribution is 2.31. The summed E-state index contributed by atoms with van der Waals surface area (Å²) in [5.41, 5.74) is 4.84. The second-order valence-electron chi connectivity index (χ2n) is 7.49. The van der Waals surface area contributed by atoms with Crippen LogP contribution in [0.2, 0.25) is 0 Å². The van der Waals surface area contributed by atoms with Crippen LogP contribution in [-0.2, 0) is 17.5 Å². The van der Waals surface area contributed by atoms with E-state index in [1.807, 2.05) is 47.8 Å². The van der Waals surface area contributed by atoms with Crippen molar-refractivity contribution in [2.45, 2.75) is 12.7 Å². The molecule has 2 aromatic carbocycles. The van der Waals surface area contributed by atoms with Gasteiger partial charge >= 0.3 is 6.18 Å². The molecule has 0 spiro atoms. The van der Waals surface area contributed by atoms with E-state index in [4.69, 9.17) is 0 Å². The summed E-state index contributed by atoms with van der Waals surface area (Å²) in [5.74, 6) is -1.86. The third kappa shape index (κ3) is 4.71. The Bertz CT molecular complexity index is 1500. The molecule has 0 atom stereocenters. The molecule has 176 valence electrons. The smallest absolute Gasteiger partial charge is 0.311 e. The van der Waals surface area contributed by atoms with Gasteiger partial charge in [-0.1, -0.05) is 36.4 Å². The summed E-state index contributed by atoms with van der Waals surface area (Å²) < 4.78 is 43.0. The molecule has 11 heteroatoms. The van der Waals surface area contributed by atoms with E-state index in [0.29, 0.717) is 11.3 Å².